The topological polar surface area (TPSA) is 98.5 Å². The first-order valence-corrected chi connectivity index (χ1v) is 8.89. The number of aromatic carboxylic acids is 1. The van der Waals surface area contributed by atoms with Gasteiger partial charge in [-0.25, -0.2) is 17.2 Å². The molecule has 3 aromatic rings. The SMILES string of the molecule is COc1cc(Cl)c2cc(C(=O)O)n(S(=O)(=O)c3ccc(C)cc3)c2n1. The van der Waals surface area contributed by atoms with E-state index in [-0.39, 0.29) is 26.8 Å². The predicted molar refractivity (Wildman–Crippen MR) is 92.0 cm³/mol. The number of carboxylic acids is 1. The molecule has 0 amide bonds. The van der Waals surface area contributed by atoms with Crippen LogP contribution in [0.15, 0.2) is 41.3 Å². The van der Waals surface area contributed by atoms with Gasteiger partial charge in [-0.05, 0) is 25.1 Å². The van der Waals surface area contributed by atoms with Gasteiger partial charge in [-0.3, -0.25) is 0 Å². The van der Waals surface area contributed by atoms with Gasteiger partial charge in [-0.1, -0.05) is 29.3 Å². The zero-order valence-electron chi connectivity index (χ0n) is 13.2. The summed E-state index contributed by atoms with van der Waals surface area (Å²) in [4.78, 5) is 15.6. The normalized spacial score (nSPS) is 11.6. The van der Waals surface area contributed by atoms with Crippen molar-refractivity contribution in [3.05, 3.63) is 52.7 Å². The number of nitrogens with zero attached hydrogens (tertiary/aromatic N) is 2. The number of ether oxygens (including phenoxy) is 1. The summed E-state index contributed by atoms with van der Waals surface area (Å²) in [6, 6.07) is 8.63. The third-order valence-electron chi connectivity index (χ3n) is 3.64. The molecule has 0 spiro atoms. The van der Waals surface area contributed by atoms with Crippen LogP contribution in [0, 0.1) is 6.92 Å². The molecule has 0 aliphatic heterocycles. The van der Waals surface area contributed by atoms with Crippen molar-refractivity contribution in [3.63, 3.8) is 0 Å². The van der Waals surface area contributed by atoms with Gasteiger partial charge in [0.1, 0.15) is 5.69 Å². The zero-order chi connectivity index (χ0) is 18.4. The second-order valence-electron chi connectivity index (χ2n) is 5.30. The average Bonchev–Trinajstić information content (AvgIpc) is 2.96. The number of fused-ring (bicyclic) bond motifs is 1. The first kappa shape index (κ1) is 17.2. The second kappa shape index (κ2) is 6.05. The highest BCUT2D eigenvalue weighted by Crippen LogP contribution is 2.32. The van der Waals surface area contributed by atoms with E-state index in [2.05, 4.69) is 4.98 Å². The first-order valence-electron chi connectivity index (χ1n) is 7.07. The van der Waals surface area contributed by atoms with Crippen molar-refractivity contribution in [2.75, 3.05) is 7.11 Å². The van der Waals surface area contributed by atoms with Crippen LogP contribution < -0.4 is 4.74 Å². The van der Waals surface area contributed by atoms with E-state index in [1.807, 2.05) is 6.92 Å². The Morgan fingerprint density at radius 1 is 1.24 bits per heavy atom. The molecule has 3 rings (SSSR count). The molecular formula is C16H13ClN2O5S. The molecular weight excluding hydrogens is 368 g/mol. The quantitative estimate of drug-likeness (QED) is 0.747. The fraction of sp³-hybridized carbons (Fsp3) is 0.125. The highest BCUT2D eigenvalue weighted by molar-refractivity contribution is 7.90. The van der Waals surface area contributed by atoms with Gasteiger partial charge in [-0.15, -0.1) is 0 Å². The van der Waals surface area contributed by atoms with E-state index in [4.69, 9.17) is 16.3 Å². The molecule has 1 N–H and O–H groups in total. The summed E-state index contributed by atoms with van der Waals surface area (Å²) in [6.45, 7) is 1.82. The molecule has 0 bridgehead atoms. The number of hydrogen-bond acceptors (Lipinski definition) is 5. The van der Waals surface area contributed by atoms with Crippen LogP contribution in [0.4, 0.5) is 0 Å². The Morgan fingerprint density at radius 3 is 2.44 bits per heavy atom. The van der Waals surface area contributed by atoms with Gasteiger partial charge in [0.25, 0.3) is 10.0 Å². The maximum atomic E-state index is 13.0. The molecule has 0 unspecified atom stereocenters. The molecule has 1 aromatic carbocycles. The van der Waals surface area contributed by atoms with E-state index in [1.54, 1.807) is 12.1 Å². The Kier molecular flexibility index (Phi) is 4.18. The first-order chi connectivity index (χ1) is 11.8. The average molecular weight is 381 g/mol. The van der Waals surface area contributed by atoms with Gasteiger partial charge < -0.3 is 9.84 Å². The Balaban J connectivity index is 2.40. The predicted octanol–water partition coefficient (Wildman–Crippen LogP) is 2.94. The van der Waals surface area contributed by atoms with Crippen molar-refractivity contribution in [1.29, 1.82) is 0 Å². The number of rotatable bonds is 4. The summed E-state index contributed by atoms with van der Waals surface area (Å²) in [5.74, 6) is -1.34. The lowest BCUT2D eigenvalue weighted by atomic mass is 10.2. The molecule has 0 saturated heterocycles. The number of aryl methyl sites for hydroxylation is 1. The van der Waals surface area contributed by atoms with Crippen LogP contribution in [0.25, 0.3) is 11.0 Å². The molecule has 2 heterocycles. The van der Waals surface area contributed by atoms with Crippen LogP contribution in [0.2, 0.25) is 5.02 Å². The van der Waals surface area contributed by atoms with E-state index in [9.17, 15) is 18.3 Å². The van der Waals surface area contributed by atoms with E-state index in [0.717, 1.165) is 5.56 Å². The van der Waals surface area contributed by atoms with Gasteiger partial charge in [0.05, 0.1) is 17.0 Å². The molecule has 2 aromatic heterocycles. The van der Waals surface area contributed by atoms with Crippen LogP contribution in [0.3, 0.4) is 0 Å². The fourth-order valence-electron chi connectivity index (χ4n) is 2.40. The minimum Gasteiger partial charge on any atom is -0.481 e. The number of halogens is 1. The maximum Gasteiger partial charge on any atom is 0.353 e. The van der Waals surface area contributed by atoms with Gasteiger partial charge in [0, 0.05) is 11.5 Å². The van der Waals surface area contributed by atoms with Gasteiger partial charge >= 0.3 is 5.97 Å². The highest BCUT2D eigenvalue weighted by atomic mass is 35.5. The molecule has 25 heavy (non-hydrogen) atoms. The monoisotopic (exact) mass is 380 g/mol. The largest absolute Gasteiger partial charge is 0.481 e. The number of aromatic nitrogens is 2. The number of pyridine rings is 1. The minimum absolute atomic E-state index is 0.0566. The Bertz CT molecular complexity index is 1090. The molecule has 0 aliphatic rings. The number of methoxy groups -OCH3 is 1. The molecule has 130 valence electrons. The standard InChI is InChI=1S/C16H13ClN2O5S/c1-9-3-5-10(6-4-9)25(22,23)19-13(16(20)21)7-11-12(17)8-14(24-2)18-15(11)19/h3-8H,1-2H3,(H,20,21). The number of hydrogen-bond donors (Lipinski definition) is 1. The van der Waals surface area contributed by atoms with Gasteiger partial charge in [0.2, 0.25) is 5.88 Å². The highest BCUT2D eigenvalue weighted by Gasteiger charge is 2.28. The summed E-state index contributed by atoms with van der Waals surface area (Å²) in [5, 5.41) is 9.80. The van der Waals surface area contributed by atoms with Crippen LogP contribution in [-0.4, -0.2) is 35.6 Å². The van der Waals surface area contributed by atoms with Crippen LogP contribution >= 0.6 is 11.6 Å². The van der Waals surface area contributed by atoms with Crippen LogP contribution in [0.1, 0.15) is 16.1 Å². The lowest BCUT2D eigenvalue weighted by Crippen LogP contribution is -2.18. The van der Waals surface area contributed by atoms with E-state index in [1.165, 1.54) is 31.4 Å². The van der Waals surface area contributed by atoms with Crippen LogP contribution in [0.5, 0.6) is 5.88 Å². The molecule has 7 nitrogen and oxygen atoms in total. The van der Waals surface area contributed by atoms with Crippen molar-refractivity contribution in [1.82, 2.24) is 8.96 Å². The molecule has 0 radical (unpaired) electrons. The van der Waals surface area contributed by atoms with Gasteiger partial charge in [-0.2, -0.15) is 4.98 Å². The van der Waals surface area contributed by atoms with Gasteiger partial charge in [0.15, 0.2) is 5.65 Å². The Labute approximate surface area is 148 Å². The van der Waals surface area contributed by atoms with Crippen molar-refractivity contribution in [2.45, 2.75) is 11.8 Å². The van der Waals surface area contributed by atoms with Crippen LogP contribution in [-0.2, 0) is 10.0 Å². The van der Waals surface area contributed by atoms with Crippen molar-refractivity contribution < 1.29 is 23.1 Å². The molecule has 0 fully saturated rings. The Morgan fingerprint density at radius 2 is 1.88 bits per heavy atom. The Hall–Kier alpha value is -2.58. The fourth-order valence-corrected chi connectivity index (χ4v) is 4.08. The maximum absolute atomic E-state index is 13.0. The lowest BCUT2D eigenvalue weighted by molar-refractivity contribution is 0.0689. The third kappa shape index (κ3) is 2.83. The summed E-state index contributed by atoms with van der Waals surface area (Å²) >= 11 is 6.13. The summed E-state index contributed by atoms with van der Waals surface area (Å²) in [5.41, 5.74) is 0.304. The van der Waals surface area contributed by atoms with E-state index < -0.39 is 21.7 Å². The zero-order valence-corrected chi connectivity index (χ0v) is 14.8. The summed E-state index contributed by atoms with van der Waals surface area (Å²) in [6.07, 6.45) is 0. The minimum atomic E-state index is -4.20. The smallest absolute Gasteiger partial charge is 0.353 e. The summed E-state index contributed by atoms with van der Waals surface area (Å²) < 4.78 is 31.7. The molecule has 9 heteroatoms. The molecule has 0 atom stereocenters. The van der Waals surface area contributed by atoms with Crippen molar-refractivity contribution >= 4 is 38.6 Å². The summed E-state index contributed by atoms with van der Waals surface area (Å²) in [7, 11) is -2.85. The number of benzene rings is 1. The lowest BCUT2D eigenvalue weighted by Gasteiger charge is -2.10. The number of carbonyl (C=O) groups is 1. The molecule has 0 saturated carbocycles. The van der Waals surface area contributed by atoms with Crippen molar-refractivity contribution in [3.8, 4) is 5.88 Å². The van der Waals surface area contributed by atoms with E-state index >= 15 is 0 Å². The molecule has 0 aliphatic carbocycles. The second-order valence-corrected chi connectivity index (χ2v) is 7.49. The van der Waals surface area contributed by atoms with Crippen molar-refractivity contribution in [2.24, 2.45) is 0 Å². The third-order valence-corrected chi connectivity index (χ3v) is 5.68. The number of carboxylic acid groups (broad SMARTS) is 1. The van der Waals surface area contributed by atoms with E-state index in [0.29, 0.717) is 3.97 Å².